The summed E-state index contributed by atoms with van der Waals surface area (Å²) < 4.78 is 138. The molecule has 0 spiro atoms. The van der Waals surface area contributed by atoms with Gasteiger partial charge in [0.05, 0.1) is 70.8 Å². The second-order valence-electron chi connectivity index (χ2n) is 19.6. The number of carbonyl (C=O) groups is 3. The molecular formula is C52H70N4O17S3-2. The van der Waals surface area contributed by atoms with E-state index in [4.69, 9.17) is 23.4 Å². The number of hydrogen-bond donors (Lipinski definition) is 1. The van der Waals surface area contributed by atoms with E-state index in [1.54, 1.807) is 13.2 Å². The molecule has 420 valence electrons. The van der Waals surface area contributed by atoms with Crippen molar-refractivity contribution in [3.63, 3.8) is 0 Å². The minimum atomic E-state index is -4.92. The van der Waals surface area contributed by atoms with Crippen LogP contribution in [0.1, 0.15) is 89.5 Å². The molecule has 1 aromatic rings. The Morgan fingerprint density at radius 2 is 1.41 bits per heavy atom. The van der Waals surface area contributed by atoms with Crippen LogP contribution < -0.4 is 20.1 Å². The van der Waals surface area contributed by atoms with Gasteiger partial charge in [0.2, 0.25) is 11.3 Å². The number of methoxy groups -OCH3 is 1. The van der Waals surface area contributed by atoms with Gasteiger partial charge in [-0.1, -0.05) is 39.3 Å². The molecule has 1 aromatic carbocycles. The monoisotopic (exact) mass is 1120 g/mol. The number of ether oxygens (including phenoxy) is 4. The highest BCUT2D eigenvalue weighted by atomic mass is 32.2. The van der Waals surface area contributed by atoms with Gasteiger partial charge >= 0.3 is 0 Å². The molecule has 0 aromatic heterocycles. The molecule has 3 aliphatic heterocycles. The lowest BCUT2D eigenvalue weighted by atomic mass is 9.77. The molecular weight excluding hydrogens is 1050 g/mol. The molecule has 4 aliphatic rings. The summed E-state index contributed by atoms with van der Waals surface area (Å²) in [5, 5.41) is 3.42. The Morgan fingerprint density at radius 1 is 0.763 bits per heavy atom. The number of allylic oxidation sites excluding steroid dienone is 3. The summed E-state index contributed by atoms with van der Waals surface area (Å²) in [5.74, 6) is -1.22. The number of hydrogen-bond acceptors (Lipinski definition) is 18. The topological polar surface area (TPSA) is 294 Å². The third-order valence-corrected chi connectivity index (χ3v) is 15.2. The van der Waals surface area contributed by atoms with E-state index in [0.717, 1.165) is 10.5 Å². The summed E-state index contributed by atoms with van der Waals surface area (Å²) in [6, 6.07) is 11.6. The quantitative estimate of drug-likeness (QED) is 0.0404. The molecule has 0 radical (unpaired) electrons. The molecule has 3 heterocycles. The van der Waals surface area contributed by atoms with Crippen molar-refractivity contribution in [1.29, 1.82) is 0 Å². The molecule has 1 aliphatic carbocycles. The number of rotatable bonds is 32. The van der Waals surface area contributed by atoms with Crippen molar-refractivity contribution in [3.8, 4) is 11.3 Å². The van der Waals surface area contributed by atoms with Crippen LogP contribution in [0.15, 0.2) is 81.8 Å². The van der Waals surface area contributed by atoms with E-state index in [1.807, 2.05) is 79.7 Å². The number of carbonyl (C=O) groups excluding carboxylic acids is 3. The van der Waals surface area contributed by atoms with E-state index in [-0.39, 0.29) is 57.8 Å². The molecule has 1 unspecified atom stereocenters. The summed E-state index contributed by atoms with van der Waals surface area (Å²) in [6.07, 6.45) is 9.74. The van der Waals surface area contributed by atoms with Gasteiger partial charge in [-0.2, -0.15) is 0 Å². The number of fused-ring (bicyclic) bond motifs is 2. The second kappa shape index (κ2) is 27.9. The molecule has 0 saturated heterocycles. The number of amides is 3. The molecule has 0 bridgehead atoms. The van der Waals surface area contributed by atoms with Gasteiger partial charge < -0.3 is 47.2 Å². The Morgan fingerprint density at radius 3 is 2.04 bits per heavy atom. The van der Waals surface area contributed by atoms with Crippen LogP contribution in [0, 0.1) is 0 Å². The number of imide groups is 1. The maximum absolute atomic E-state index is 12.7. The first-order chi connectivity index (χ1) is 35.8. The number of nitrogens with zero attached hydrogens (tertiary/aromatic N) is 3. The van der Waals surface area contributed by atoms with Crippen molar-refractivity contribution in [2.45, 2.75) is 88.4 Å². The van der Waals surface area contributed by atoms with Crippen LogP contribution in [-0.2, 0) is 74.5 Å². The molecule has 0 fully saturated rings. The average molecular weight is 1120 g/mol. The fraction of sp³-hybridized carbons (Fsp3) is 0.538. The Balaban J connectivity index is 1.45. The van der Waals surface area contributed by atoms with Gasteiger partial charge in [0.15, 0.2) is 6.54 Å². The molecule has 1 N–H and O–H groups in total. The van der Waals surface area contributed by atoms with Gasteiger partial charge in [0.1, 0.15) is 34.8 Å². The molecule has 3 amide bonds. The molecule has 76 heavy (non-hydrogen) atoms. The molecule has 21 nitrogen and oxygen atoms in total. The Labute approximate surface area is 446 Å². The normalized spacial score (nSPS) is 17.2. The van der Waals surface area contributed by atoms with Gasteiger partial charge in [-0.3, -0.25) is 19.3 Å². The smallest absolute Gasteiger partial charge is 0.253 e. The average Bonchev–Trinajstić information content (AvgIpc) is 3.77. The third-order valence-electron chi connectivity index (χ3n) is 12.8. The lowest BCUT2D eigenvalue weighted by Gasteiger charge is -2.31. The van der Waals surface area contributed by atoms with Crippen LogP contribution in [-0.4, -0.2) is 159 Å². The Kier molecular flexibility index (Phi) is 22.7. The lowest BCUT2D eigenvalue weighted by molar-refractivity contribution is -0.137. The van der Waals surface area contributed by atoms with Gasteiger partial charge in [-0.15, -0.1) is 0 Å². The van der Waals surface area contributed by atoms with Crippen molar-refractivity contribution in [3.05, 3.63) is 94.7 Å². The van der Waals surface area contributed by atoms with Crippen LogP contribution >= 0.6 is 0 Å². The van der Waals surface area contributed by atoms with Gasteiger partial charge in [-0.05, 0) is 80.1 Å². The number of unbranched alkanes of at least 4 members (excludes halogenated alkanes) is 2. The minimum absolute atomic E-state index is 0.0429. The van der Waals surface area contributed by atoms with Crippen LogP contribution in [0.5, 0.6) is 0 Å². The van der Waals surface area contributed by atoms with Gasteiger partial charge in [0, 0.05) is 97.1 Å². The number of benzene rings is 2. The van der Waals surface area contributed by atoms with Crippen molar-refractivity contribution in [1.82, 2.24) is 14.8 Å². The number of nitrogens with one attached hydrogen (secondary N) is 1. The predicted molar refractivity (Wildman–Crippen MR) is 280 cm³/mol. The van der Waals surface area contributed by atoms with Crippen molar-refractivity contribution < 1.29 is 76.7 Å². The van der Waals surface area contributed by atoms with Crippen molar-refractivity contribution in [2.75, 3.05) is 102 Å². The summed E-state index contributed by atoms with van der Waals surface area (Å²) in [4.78, 5) is 38.9. The zero-order valence-corrected chi connectivity index (χ0v) is 46.2. The first-order valence-electron chi connectivity index (χ1n) is 25.1. The van der Waals surface area contributed by atoms with E-state index < -0.39 is 69.4 Å². The summed E-state index contributed by atoms with van der Waals surface area (Å²) in [7, 11) is -12.4. The Bertz CT molecular complexity index is 2960. The molecule has 24 heteroatoms. The highest BCUT2D eigenvalue weighted by Crippen LogP contribution is 2.51. The summed E-state index contributed by atoms with van der Waals surface area (Å²) in [6.45, 7) is 11.5. The van der Waals surface area contributed by atoms with Crippen LogP contribution in [0.2, 0.25) is 0 Å². The summed E-state index contributed by atoms with van der Waals surface area (Å²) >= 11 is 0. The van der Waals surface area contributed by atoms with E-state index in [0.29, 0.717) is 111 Å². The molecule has 0 saturated carbocycles. The van der Waals surface area contributed by atoms with E-state index in [2.05, 4.69) is 5.32 Å². The van der Waals surface area contributed by atoms with Crippen LogP contribution in [0.25, 0.3) is 17.4 Å². The van der Waals surface area contributed by atoms with Gasteiger partial charge in [0.25, 0.3) is 11.8 Å². The predicted octanol–water partition coefficient (Wildman–Crippen LogP) is 3.59. The van der Waals surface area contributed by atoms with Crippen molar-refractivity contribution >= 4 is 59.8 Å². The Hall–Kier alpha value is -5.15. The van der Waals surface area contributed by atoms with Crippen LogP contribution in [0.4, 0.5) is 5.69 Å². The third kappa shape index (κ3) is 18.8. The van der Waals surface area contributed by atoms with Gasteiger partial charge in [-0.25, -0.2) is 29.8 Å². The fourth-order valence-corrected chi connectivity index (χ4v) is 10.4. The van der Waals surface area contributed by atoms with E-state index in [9.17, 15) is 53.3 Å². The van der Waals surface area contributed by atoms with E-state index >= 15 is 0 Å². The first kappa shape index (κ1) is 61.7. The zero-order chi connectivity index (χ0) is 55.7. The summed E-state index contributed by atoms with van der Waals surface area (Å²) in [5.41, 5.74) is 1.58. The highest BCUT2D eigenvalue weighted by molar-refractivity contribution is 7.86. The minimum Gasteiger partial charge on any atom is -0.748 e. The zero-order valence-electron chi connectivity index (χ0n) is 43.8. The highest BCUT2D eigenvalue weighted by Gasteiger charge is 2.43. The first-order valence-corrected chi connectivity index (χ1v) is 29.7. The maximum atomic E-state index is 12.7. The fourth-order valence-electron chi connectivity index (χ4n) is 8.88. The lowest BCUT2D eigenvalue weighted by Crippen LogP contribution is -2.38. The second-order valence-corrected chi connectivity index (χ2v) is 24.1. The van der Waals surface area contributed by atoms with E-state index in [1.165, 1.54) is 24.3 Å². The standard InChI is InChI=1S/C52H72N4O17S3/c1-51(2,3)47-36-39(42-17-15-40(37-45(42)73-47)54(23-11-35-75(63,64)65)26-27-70-30-31-72-33-32-71-29-28-69-5)12-9-13-46-52(4,21-10-34-74(60,61)62)43-38-41(76(66,67)68)16-18-44(43)55(46)24-8-6-7-14-48(57)53-22-25-56-49(58)19-20-50(56)59/h9,12-13,15-20,36-38H,6-8,10-11,14,21-35H2,1-5H3,(H3-,53,57,60,61,62,63,64,65,66,67,68)/p-2. The van der Waals surface area contributed by atoms with Crippen LogP contribution in [0.3, 0.4) is 0 Å². The number of anilines is 1. The molecule has 5 rings (SSSR count). The van der Waals surface area contributed by atoms with Crippen molar-refractivity contribution in [2.24, 2.45) is 0 Å². The molecule has 1 atom stereocenters. The maximum Gasteiger partial charge on any atom is 0.253 e. The SMILES string of the molecule is COCCOCCOCCOCC[N+](CCCS(=O)(=O)[O-])=c1ccc2c(/C=C/C=C3\N(CCCCCC(=O)NCCN4C(=O)C=CC4=O)c4ccc(S(=O)(=O)[O-])cc4C3(C)CCCS(=O)(=O)[O-])cc(C(C)(C)C)oc-2c1. The largest absolute Gasteiger partial charge is 0.748 e.